The summed E-state index contributed by atoms with van der Waals surface area (Å²) in [7, 11) is 0. The first-order valence-electron chi connectivity index (χ1n) is 6.85. The SMILES string of the molecule is CCOc1ccc(C(C)Nc2ccc(C)c(Cl)c2)cc1. The van der Waals surface area contributed by atoms with Gasteiger partial charge in [-0.3, -0.25) is 0 Å². The summed E-state index contributed by atoms with van der Waals surface area (Å²) >= 11 is 6.14. The van der Waals surface area contributed by atoms with E-state index in [9.17, 15) is 0 Å². The highest BCUT2D eigenvalue weighted by Crippen LogP contribution is 2.25. The second-order valence-electron chi connectivity index (χ2n) is 4.83. The molecule has 106 valence electrons. The molecule has 20 heavy (non-hydrogen) atoms. The fourth-order valence-electron chi connectivity index (χ4n) is 2.04. The van der Waals surface area contributed by atoms with Crippen molar-refractivity contribution in [3.05, 3.63) is 58.6 Å². The number of hydrogen-bond acceptors (Lipinski definition) is 2. The van der Waals surface area contributed by atoms with Gasteiger partial charge in [0, 0.05) is 16.8 Å². The number of rotatable bonds is 5. The van der Waals surface area contributed by atoms with Gasteiger partial charge in [-0.05, 0) is 56.2 Å². The Labute approximate surface area is 125 Å². The van der Waals surface area contributed by atoms with E-state index in [1.807, 2.05) is 44.2 Å². The van der Waals surface area contributed by atoms with E-state index in [4.69, 9.17) is 16.3 Å². The first-order chi connectivity index (χ1) is 9.60. The Balaban J connectivity index is 2.06. The van der Waals surface area contributed by atoms with E-state index >= 15 is 0 Å². The molecule has 2 nitrogen and oxygen atoms in total. The minimum Gasteiger partial charge on any atom is -0.494 e. The Morgan fingerprint density at radius 1 is 1.15 bits per heavy atom. The monoisotopic (exact) mass is 289 g/mol. The molecule has 0 fully saturated rings. The van der Waals surface area contributed by atoms with Crippen molar-refractivity contribution < 1.29 is 4.74 Å². The molecular weight excluding hydrogens is 270 g/mol. The van der Waals surface area contributed by atoms with Crippen LogP contribution in [0.2, 0.25) is 5.02 Å². The van der Waals surface area contributed by atoms with Crippen molar-refractivity contribution in [2.45, 2.75) is 26.8 Å². The first kappa shape index (κ1) is 14.7. The van der Waals surface area contributed by atoms with Gasteiger partial charge in [-0.2, -0.15) is 0 Å². The van der Waals surface area contributed by atoms with Gasteiger partial charge in [-0.15, -0.1) is 0 Å². The van der Waals surface area contributed by atoms with Crippen LogP contribution in [0.15, 0.2) is 42.5 Å². The summed E-state index contributed by atoms with van der Waals surface area (Å²) in [4.78, 5) is 0. The summed E-state index contributed by atoms with van der Waals surface area (Å²) in [6.45, 7) is 6.81. The molecule has 0 bridgehead atoms. The standard InChI is InChI=1S/C17H20ClNO/c1-4-20-16-9-6-14(7-10-16)13(3)19-15-8-5-12(2)17(18)11-15/h5-11,13,19H,4H2,1-3H3. The third kappa shape index (κ3) is 3.67. The van der Waals surface area contributed by atoms with E-state index in [2.05, 4.69) is 24.4 Å². The number of anilines is 1. The fourth-order valence-corrected chi connectivity index (χ4v) is 2.22. The van der Waals surface area contributed by atoms with Crippen LogP contribution in [-0.4, -0.2) is 6.61 Å². The Kier molecular flexibility index (Phi) is 4.91. The molecule has 0 aliphatic rings. The molecule has 0 aliphatic heterocycles. The Morgan fingerprint density at radius 2 is 1.85 bits per heavy atom. The molecule has 0 amide bonds. The highest BCUT2D eigenvalue weighted by Gasteiger charge is 2.06. The second-order valence-corrected chi connectivity index (χ2v) is 5.24. The zero-order valence-corrected chi connectivity index (χ0v) is 12.9. The number of halogens is 1. The molecular formula is C17H20ClNO. The van der Waals surface area contributed by atoms with Crippen molar-refractivity contribution in [3.8, 4) is 5.75 Å². The summed E-state index contributed by atoms with van der Waals surface area (Å²) in [6.07, 6.45) is 0. The van der Waals surface area contributed by atoms with E-state index in [0.717, 1.165) is 22.0 Å². The molecule has 0 spiro atoms. The van der Waals surface area contributed by atoms with Gasteiger partial charge in [0.15, 0.2) is 0 Å². The molecule has 2 aromatic carbocycles. The molecule has 0 radical (unpaired) electrons. The molecule has 2 rings (SSSR count). The lowest BCUT2D eigenvalue weighted by Gasteiger charge is -2.17. The van der Waals surface area contributed by atoms with Gasteiger partial charge in [0.2, 0.25) is 0 Å². The van der Waals surface area contributed by atoms with Gasteiger partial charge in [0.05, 0.1) is 6.61 Å². The number of hydrogen-bond donors (Lipinski definition) is 1. The molecule has 1 unspecified atom stereocenters. The summed E-state index contributed by atoms with van der Waals surface area (Å²) < 4.78 is 5.45. The van der Waals surface area contributed by atoms with Crippen molar-refractivity contribution in [3.63, 3.8) is 0 Å². The fraction of sp³-hybridized carbons (Fsp3) is 0.294. The maximum absolute atomic E-state index is 6.14. The Hall–Kier alpha value is -1.67. The van der Waals surface area contributed by atoms with Crippen LogP contribution >= 0.6 is 11.6 Å². The number of aryl methyl sites for hydroxylation is 1. The van der Waals surface area contributed by atoms with Crippen molar-refractivity contribution in [1.82, 2.24) is 0 Å². The molecule has 1 N–H and O–H groups in total. The zero-order chi connectivity index (χ0) is 14.5. The minimum atomic E-state index is 0.212. The Bertz CT molecular complexity index is 566. The second kappa shape index (κ2) is 6.67. The Morgan fingerprint density at radius 3 is 2.45 bits per heavy atom. The van der Waals surface area contributed by atoms with E-state index in [-0.39, 0.29) is 6.04 Å². The highest BCUT2D eigenvalue weighted by molar-refractivity contribution is 6.31. The predicted octanol–water partition coefficient (Wildman–Crippen LogP) is 5.22. The third-order valence-electron chi connectivity index (χ3n) is 3.25. The van der Waals surface area contributed by atoms with Gasteiger partial charge in [0.25, 0.3) is 0 Å². The summed E-state index contributed by atoms with van der Waals surface area (Å²) in [5.41, 5.74) is 3.33. The lowest BCUT2D eigenvalue weighted by molar-refractivity contribution is 0.340. The summed E-state index contributed by atoms with van der Waals surface area (Å²) in [6, 6.07) is 14.4. The lowest BCUT2D eigenvalue weighted by Crippen LogP contribution is -2.06. The van der Waals surface area contributed by atoms with Gasteiger partial charge in [0.1, 0.15) is 5.75 Å². The number of ether oxygens (including phenoxy) is 1. The van der Waals surface area contributed by atoms with E-state index in [1.54, 1.807) is 0 Å². The van der Waals surface area contributed by atoms with Crippen LogP contribution < -0.4 is 10.1 Å². The van der Waals surface area contributed by atoms with E-state index in [1.165, 1.54) is 5.56 Å². The van der Waals surface area contributed by atoms with Crippen LogP contribution in [0.3, 0.4) is 0 Å². The summed E-state index contributed by atoms with van der Waals surface area (Å²) in [5, 5.41) is 4.24. The largest absolute Gasteiger partial charge is 0.494 e. The van der Waals surface area contributed by atoms with Crippen LogP contribution in [0.25, 0.3) is 0 Å². The maximum atomic E-state index is 6.14. The molecule has 1 atom stereocenters. The molecule has 0 heterocycles. The molecule has 0 saturated heterocycles. The third-order valence-corrected chi connectivity index (χ3v) is 3.65. The molecule has 0 saturated carbocycles. The molecule has 0 aliphatic carbocycles. The topological polar surface area (TPSA) is 21.3 Å². The van der Waals surface area contributed by atoms with Gasteiger partial charge >= 0.3 is 0 Å². The minimum absolute atomic E-state index is 0.212. The van der Waals surface area contributed by atoms with Crippen LogP contribution in [0, 0.1) is 6.92 Å². The van der Waals surface area contributed by atoms with E-state index in [0.29, 0.717) is 6.61 Å². The average Bonchev–Trinajstić information content (AvgIpc) is 2.44. The van der Waals surface area contributed by atoms with Crippen LogP contribution in [0.1, 0.15) is 31.0 Å². The molecule has 0 aromatic heterocycles. The summed E-state index contributed by atoms with van der Waals surface area (Å²) in [5.74, 6) is 0.904. The normalized spacial score (nSPS) is 12.0. The van der Waals surface area contributed by atoms with Gasteiger partial charge < -0.3 is 10.1 Å². The number of nitrogens with one attached hydrogen (secondary N) is 1. The van der Waals surface area contributed by atoms with Crippen LogP contribution in [-0.2, 0) is 0 Å². The lowest BCUT2D eigenvalue weighted by atomic mass is 10.1. The van der Waals surface area contributed by atoms with Crippen molar-refractivity contribution in [2.75, 3.05) is 11.9 Å². The highest BCUT2D eigenvalue weighted by atomic mass is 35.5. The van der Waals surface area contributed by atoms with Crippen LogP contribution in [0.5, 0.6) is 5.75 Å². The van der Waals surface area contributed by atoms with Gasteiger partial charge in [-0.25, -0.2) is 0 Å². The van der Waals surface area contributed by atoms with Crippen molar-refractivity contribution in [1.29, 1.82) is 0 Å². The molecule has 3 heteroatoms. The first-order valence-corrected chi connectivity index (χ1v) is 7.23. The van der Waals surface area contributed by atoms with Crippen molar-refractivity contribution in [2.24, 2.45) is 0 Å². The predicted molar refractivity (Wildman–Crippen MR) is 85.8 cm³/mol. The molecule has 2 aromatic rings. The smallest absolute Gasteiger partial charge is 0.119 e. The van der Waals surface area contributed by atoms with Gasteiger partial charge in [-0.1, -0.05) is 29.8 Å². The van der Waals surface area contributed by atoms with E-state index < -0.39 is 0 Å². The zero-order valence-electron chi connectivity index (χ0n) is 12.1. The number of benzene rings is 2. The quantitative estimate of drug-likeness (QED) is 0.815. The van der Waals surface area contributed by atoms with Crippen LogP contribution in [0.4, 0.5) is 5.69 Å². The average molecular weight is 290 g/mol. The van der Waals surface area contributed by atoms with Crippen molar-refractivity contribution >= 4 is 17.3 Å². The maximum Gasteiger partial charge on any atom is 0.119 e.